The van der Waals surface area contributed by atoms with Crippen molar-refractivity contribution in [2.75, 3.05) is 12.4 Å². The lowest BCUT2D eigenvalue weighted by Gasteiger charge is -2.20. The van der Waals surface area contributed by atoms with E-state index in [1.54, 1.807) is 33.9 Å². The Balaban J connectivity index is 3.40. The monoisotopic (exact) mass is 523 g/mol. The van der Waals surface area contributed by atoms with E-state index in [2.05, 4.69) is 45.5 Å². The molecule has 1 aromatic heterocycles. The maximum atomic E-state index is 12.6. The Morgan fingerprint density at radius 1 is 1.08 bits per heavy atom. The van der Waals surface area contributed by atoms with E-state index in [0.717, 1.165) is 47.4 Å². The molecule has 1 rings (SSSR count). The molecule has 0 radical (unpaired) electrons. The molecule has 0 bridgehead atoms. The molecule has 0 fully saturated rings. The molecule has 1 heterocycles. The number of hydrogen-bond donors (Lipinski definition) is 2. The molecule has 0 spiro atoms. The highest BCUT2D eigenvalue weighted by Gasteiger charge is 2.19. The topological polar surface area (TPSA) is 106 Å². The predicted octanol–water partition coefficient (Wildman–Crippen LogP) is 7.07. The van der Waals surface area contributed by atoms with Crippen LogP contribution in [0.1, 0.15) is 93.7 Å². The van der Waals surface area contributed by atoms with Gasteiger partial charge >= 0.3 is 6.09 Å². The third kappa shape index (κ3) is 10.4. The van der Waals surface area contributed by atoms with Gasteiger partial charge in [-0.3, -0.25) is 15.1 Å². The number of nitrogens with one attached hydrogen (secondary N) is 2. The maximum absolute atomic E-state index is 12.6. The number of anilines is 1. The zero-order valence-electron chi connectivity index (χ0n) is 24.8. The van der Waals surface area contributed by atoms with Gasteiger partial charge in [-0.05, 0) is 66.0 Å². The number of unbranched alkanes of at least 4 members (excludes halogenated alkanes) is 1. The molecule has 0 saturated heterocycles. The van der Waals surface area contributed by atoms with Gasteiger partial charge in [0.25, 0.3) is 0 Å². The van der Waals surface area contributed by atoms with Crippen molar-refractivity contribution in [1.82, 2.24) is 15.3 Å². The Labute approximate surface area is 228 Å². The molecule has 208 valence electrons. The fraction of sp³-hybridized carbons (Fsp3) is 0.500. The molecule has 1 aromatic rings. The van der Waals surface area contributed by atoms with Crippen LogP contribution in [0.2, 0.25) is 0 Å². The zero-order valence-corrected chi connectivity index (χ0v) is 24.8. The van der Waals surface area contributed by atoms with Gasteiger partial charge in [-0.2, -0.15) is 0 Å². The second kappa shape index (κ2) is 15.6. The molecule has 0 atom stereocenters. The average molecular weight is 524 g/mol. The van der Waals surface area contributed by atoms with E-state index < -0.39 is 11.7 Å². The molecule has 38 heavy (non-hydrogen) atoms. The van der Waals surface area contributed by atoms with Crippen LogP contribution >= 0.6 is 0 Å². The number of Topliss-reactive ketones (excluding diaryl/α,β-unsaturated/α-hetero) is 1. The molecular formula is C30H45N5O3. The van der Waals surface area contributed by atoms with Crippen LogP contribution in [0.5, 0.6) is 0 Å². The van der Waals surface area contributed by atoms with Gasteiger partial charge in [0.2, 0.25) is 0 Å². The van der Waals surface area contributed by atoms with Gasteiger partial charge in [-0.15, -0.1) is 0 Å². The van der Waals surface area contributed by atoms with Crippen LogP contribution in [0, 0.1) is 0 Å². The minimum absolute atomic E-state index is 0.128. The molecule has 1 amide bonds. The Hall–Kier alpha value is -3.55. The summed E-state index contributed by atoms with van der Waals surface area (Å²) < 4.78 is 5.34. The lowest BCUT2D eigenvalue weighted by molar-refractivity contribution is -0.115. The van der Waals surface area contributed by atoms with Crippen molar-refractivity contribution in [3.63, 3.8) is 0 Å². The van der Waals surface area contributed by atoms with Gasteiger partial charge in [0.15, 0.2) is 5.78 Å². The lowest BCUT2D eigenvalue weighted by Crippen LogP contribution is -2.27. The summed E-state index contributed by atoms with van der Waals surface area (Å²) in [7, 11) is 1.70. The third-order valence-electron chi connectivity index (χ3n) is 5.61. The second-order valence-electron chi connectivity index (χ2n) is 9.87. The summed E-state index contributed by atoms with van der Waals surface area (Å²) in [5.74, 6) is 0.438. The van der Waals surface area contributed by atoms with E-state index in [4.69, 9.17) is 4.74 Å². The van der Waals surface area contributed by atoms with E-state index in [1.807, 2.05) is 39.8 Å². The molecular weight excluding hydrogens is 478 g/mol. The molecule has 8 heteroatoms. The number of ketones is 1. The van der Waals surface area contributed by atoms with Crippen LogP contribution in [-0.4, -0.2) is 40.2 Å². The minimum Gasteiger partial charge on any atom is -0.444 e. The van der Waals surface area contributed by atoms with Gasteiger partial charge in [-0.1, -0.05) is 44.9 Å². The number of amides is 1. The number of carbonyl (C=O) groups is 2. The smallest absolute Gasteiger partial charge is 0.413 e. The molecule has 0 unspecified atom stereocenters. The number of carbonyl (C=O) groups excluding carboxylic acids is 2. The minimum atomic E-state index is -0.628. The number of aromatic nitrogens is 2. The molecule has 0 aromatic carbocycles. The maximum Gasteiger partial charge on any atom is 0.413 e. The first-order valence-electron chi connectivity index (χ1n) is 13.2. The highest BCUT2D eigenvalue weighted by atomic mass is 16.6. The summed E-state index contributed by atoms with van der Waals surface area (Å²) in [6, 6.07) is 1.66. The van der Waals surface area contributed by atoms with E-state index >= 15 is 0 Å². The lowest BCUT2D eigenvalue weighted by atomic mass is 9.98. The normalized spacial score (nSPS) is 14.2. The first kappa shape index (κ1) is 32.5. The fourth-order valence-electron chi connectivity index (χ4n) is 3.49. The van der Waals surface area contributed by atoms with Gasteiger partial charge < -0.3 is 10.1 Å². The van der Waals surface area contributed by atoms with Crippen LogP contribution in [-0.2, 0) is 9.53 Å². The quantitative estimate of drug-likeness (QED) is 0.172. The van der Waals surface area contributed by atoms with Crippen molar-refractivity contribution in [3.05, 3.63) is 64.4 Å². The van der Waals surface area contributed by atoms with Crippen LogP contribution in [0.25, 0.3) is 0 Å². The fourth-order valence-corrected chi connectivity index (χ4v) is 3.49. The predicted molar refractivity (Wildman–Crippen MR) is 156 cm³/mol. The van der Waals surface area contributed by atoms with Crippen molar-refractivity contribution in [2.45, 2.75) is 93.6 Å². The molecule has 0 saturated carbocycles. The van der Waals surface area contributed by atoms with Gasteiger partial charge in [0.1, 0.15) is 23.5 Å². The molecule has 0 aliphatic rings. The molecule has 0 aliphatic carbocycles. The van der Waals surface area contributed by atoms with Gasteiger partial charge in [0, 0.05) is 30.8 Å². The zero-order chi connectivity index (χ0) is 28.9. The molecule has 0 aliphatic heterocycles. The number of aliphatic imine (C=N–C) groups is 1. The van der Waals surface area contributed by atoms with Crippen molar-refractivity contribution in [2.24, 2.45) is 4.99 Å². The molecule has 8 nitrogen and oxygen atoms in total. The summed E-state index contributed by atoms with van der Waals surface area (Å²) >= 11 is 0. The highest BCUT2D eigenvalue weighted by Crippen LogP contribution is 2.20. The van der Waals surface area contributed by atoms with Crippen LogP contribution in [0.15, 0.2) is 63.7 Å². The first-order valence-corrected chi connectivity index (χ1v) is 13.2. The van der Waals surface area contributed by atoms with Gasteiger partial charge in [0.05, 0.1) is 11.4 Å². The standard InChI is InChI=1S/C30H45N5O3/c1-11-15-16-24(34-23(13-3)21(6)17-22(20(5)12-2)26(36)14-4)28(31-10)25-18-27(33-19-32-25)35-29(37)38-30(7,8)9/h13,16-19,34H,11-12,14-15H2,1-10H3,(H,32,33,35,37)/b21-17-,22-20-,23-13+,24-16+,31-28?. The van der Waals surface area contributed by atoms with E-state index in [-0.39, 0.29) is 5.78 Å². The van der Waals surface area contributed by atoms with Crippen LogP contribution in [0.4, 0.5) is 10.6 Å². The first-order chi connectivity index (χ1) is 17.9. The molecule has 2 N–H and O–H groups in total. The number of rotatable bonds is 12. The van der Waals surface area contributed by atoms with E-state index in [1.165, 1.54) is 6.33 Å². The van der Waals surface area contributed by atoms with E-state index in [0.29, 0.717) is 23.6 Å². The highest BCUT2D eigenvalue weighted by molar-refractivity contribution is 6.11. The van der Waals surface area contributed by atoms with Crippen molar-refractivity contribution in [3.8, 4) is 0 Å². The SMILES string of the molecule is C\C=C(N/C(=C/CCC)C(=NC)c1cc(NC(=O)OC(C)(C)C)ncn1)/C(C)=C\C(C(=O)CC)=C(/C)CC. The number of hydrogen-bond acceptors (Lipinski definition) is 7. The number of allylic oxidation sites excluding steroid dienone is 7. The summed E-state index contributed by atoms with van der Waals surface area (Å²) in [5.41, 5.74) is 4.92. The Kier molecular flexibility index (Phi) is 13.4. The third-order valence-corrected chi connectivity index (χ3v) is 5.61. The van der Waals surface area contributed by atoms with Crippen molar-refractivity contribution >= 4 is 23.4 Å². The Morgan fingerprint density at radius 3 is 2.29 bits per heavy atom. The Bertz CT molecular complexity index is 1130. The van der Waals surface area contributed by atoms with Crippen LogP contribution in [0.3, 0.4) is 0 Å². The van der Waals surface area contributed by atoms with Crippen molar-refractivity contribution in [1.29, 1.82) is 0 Å². The summed E-state index contributed by atoms with van der Waals surface area (Å²) in [6.07, 6.45) is 9.84. The number of nitrogens with zero attached hydrogens (tertiary/aromatic N) is 3. The van der Waals surface area contributed by atoms with Gasteiger partial charge in [-0.25, -0.2) is 14.8 Å². The summed E-state index contributed by atoms with van der Waals surface area (Å²) in [5, 5.41) is 6.17. The number of ether oxygens (including phenoxy) is 1. The summed E-state index contributed by atoms with van der Waals surface area (Å²) in [6.45, 7) is 17.4. The largest absolute Gasteiger partial charge is 0.444 e. The Morgan fingerprint density at radius 2 is 1.76 bits per heavy atom. The van der Waals surface area contributed by atoms with Crippen molar-refractivity contribution < 1.29 is 14.3 Å². The van der Waals surface area contributed by atoms with Crippen LogP contribution < -0.4 is 10.6 Å². The second-order valence-corrected chi connectivity index (χ2v) is 9.87. The summed E-state index contributed by atoms with van der Waals surface area (Å²) in [4.78, 5) is 38.0. The average Bonchev–Trinajstić information content (AvgIpc) is 2.86. The van der Waals surface area contributed by atoms with E-state index in [9.17, 15) is 9.59 Å².